The van der Waals surface area contributed by atoms with E-state index in [-0.39, 0.29) is 5.91 Å². The third-order valence-electron chi connectivity index (χ3n) is 5.47. The van der Waals surface area contributed by atoms with Crippen molar-refractivity contribution in [3.63, 3.8) is 0 Å². The van der Waals surface area contributed by atoms with Crippen LogP contribution in [0.15, 0.2) is 48.5 Å². The van der Waals surface area contributed by atoms with Crippen LogP contribution in [0.5, 0.6) is 0 Å². The van der Waals surface area contributed by atoms with Gasteiger partial charge in [0, 0.05) is 23.5 Å². The molecule has 0 spiro atoms. The third kappa shape index (κ3) is 3.36. The first-order valence-electron chi connectivity index (χ1n) is 10.0. The second kappa shape index (κ2) is 7.49. The van der Waals surface area contributed by atoms with E-state index in [2.05, 4.69) is 28.3 Å². The average molecular weight is 463 g/mol. The van der Waals surface area contributed by atoms with Gasteiger partial charge in [-0.05, 0) is 43.3 Å². The van der Waals surface area contributed by atoms with Gasteiger partial charge in [-0.2, -0.15) is 0 Å². The van der Waals surface area contributed by atoms with E-state index >= 15 is 0 Å². The number of carbonyl (C=O) groups is 1. The Morgan fingerprint density at radius 1 is 0.968 bits per heavy atom. The molecular weight excluding hydrogens is 444 g/mol. The van der Waals surface area contributed by atoms with Gasteiger partial charge in [0.1, 0.15) is 10.0 Å². The molecule has 31 heavy (non-hydrogen) atoms. The Bertz CT molecular complexity index is 1380. The molecule has 0 fully saturated rings. The Labute approximate surface area is 191 Å². The number of rotatable bonds is 3. The van der Waals surface area contributed by atoms with E-state index in [9.17, 15) is 4.79 Å². The number of fused-ring (bicyclic) bond motifs is 3. The average Bonchev–Trinajstić information content (AvgIpc) is 3.47. The number of nitrogens with one attached hydrogen (secondary N) is 1. The first-order valence-corrected chi connectivity index (χ1v) is 12.5. The molecule has 6 rings (SSSR count). The number of amides is 1. The highest BCUT2D eigenvalue weighted by atomic mass is 32.1. The van der Waals surface area contributed by atoms with Crippen LogP contribution >= 0.6 is 34.0 Å². The molecule has 154 valence electrons. The Morgan fingerprint density at radius 3 is 2.42 bits per heavy atom. The van der Waals surface area contributed by atoms with E-state index in [0.29, 0.717) is 5.01 Å². The first kappa shape index (κ1) is 19.1. The van der Waals surface area contributed by atoms with Gasteiger partial charge < -0.3 is 10.2 Å². The van der Waals surface area contributed by atoms with Gasteiger partial charge in [0.15, 0.2) is 5.01 Å². The Kier molecular flexibility index (Phi) is 4.61. The molecule has 0 radical (unpaired) electrons. The quantitative estimate of drug-likeness (QED) is 0.364. The zero-order valence-corrected chi connectivity index (χ0v) is 19.2. The number of benzene rings is 2. The fourth-order valence-corrected chi connectivity index (χ4v) is 7.24. The summed E-state index contributed by atoms with van der Waals surface area (Å²) in [5, 5.41) is 5.52. The highest BCUT2D eigenvalue weighted by Crippen LogP contribution is 2.45. The molecule has 5 aromatic rings. The number of hydrogen-bond donors (Lipinski definition) is 1. The lowest BCUT2D eigenvalue weighted by molar-refractivity contribution is 0.102. The van der Waals surface area contributed by atoms with Crippen molar-refractivity contribution in [3.05, 3.63) is 64.0 Å². The fraction of sp³-hybridized carbons (Fsp3) is 0.174. The predicted octanol–water partition coefficient (Wildman–Crippen LogP) is 5.87. The van der Waals surface area contributed by atoms with Crippen LogP contribution in [0.2, 0.25) is 0 Å². The second-order valence-corrected chi connectivity index (χ2v) is 10.8. The van der Waals surface area contributed by atoms with Crippen molar-refractivity contribution in [2.75, 3.05) is 18.9 Å². The van der Waals surface area contributed by atoms with Gasteiger partial charge in [-0.3, -0.25) is 4.79 Å². The SMILES string of the molecule is CN1CCc2c(sc(NC(=O)c3nc4ccccc4s3)c2-c2nc3ccccc3s2)C1. The van der Waals surface area contributed by atoms with Gasteiger partial charge in [-0.1, -0.05) is 24.3 Å². The molecule has 0 saturated carbocycles. The summed E-state index contributed by atoms with van der Waals surface area (Å²) in [6.45, 7) is 1.90. The summed E-state index contributed by atoms with van der Waals surface area (Å²) in [5.41, 5.74) is 4.26. The number of anilines is 1. The monoisotopic (exact) mass is 462 g/mol. The standard InChI is InChI=1S/C23H18N4OS3/c1-27-11-10-13-18(12-27)31-22(19(13)21-24-14-6-2-4-8-16(14)29-21)26-20(28)23-25-15-7-3-5-9-17(15)30-23/h2-9H,10-12H2,1H3,(H,26,28). The Balaban J connectivity index is 1.44. The van der Waals surface area contributed by atoms with Crippen molar-refractivity contribution in [2.24, 2.45) is 0 Å². The minimum atomic E-state index is -0.157. The number of aromatic nitrogens is 2. The van der Waals surface area contributed by atoms with Crippen molar-refractivity contribution in [3.8, 4) is 10.6 Å². The number of nitrogens with zero attached hydrogens (tertiary/aromatic N) is 3. The lowest BCUT2D eigenvalue weighted by Gasteiger charge is -2.22. The maximum Gasteiger partial charge on any atom is 0.285 e. The second-order valence-electron chi connectivity index (χ2n) is 7.62. The lowest BCUT2D eigenvalue weighted by Crippen LogP contribution is -2.25. The fourth-order valence-electron chi connectivity index (χ4n) is 3.95. The largest absolute Gasteiger partial charge is 0.311 e. The molecule has 0 aliphatic carbocycles. The summed E-state index contributed by atoms with van der Waals surface area (Å²) in [6, 6.07) is 16.0. The molecular formula is C23H18N4OS3. The Morgan fingerprint density at radius 2 is 1.68 bits per heavy atom. The predicted molar refractivity (Wildman–Crippen MR) is 131 cm³/mol. The van der Waals surface area contributed by atoms with Crippen molar-refractivity contribution in [1.29, 1.82) is 0 Å². The Hall–Kier alpha value is -2.65. The van der Waals surface area contributed by atoms with Crippen LogP contribution in [0, 0.1) is 0 Å². The molecule has 1 aliphatic rings. The molecule has 2 aromatic carbocycles. The van der Waals surface area contributed by atoms with Gasteiger partial charge in [0.2, 0.25) is 0 Å². The van der Waals surface area contributed by atoms with Crippen LogP contribution in [0.4, 0.5) is 5.00 Å². The number of likely N-dealkylation sites (N-methyl/N-ethyl adjacent to an activating group) is 1. The highest BCUT2D eigenvalue weighted by molar-refractivity contribution is 7.23. The molecule has 1 N–H and O–H groups in total. The van der Waals surface area contributed by atoms with E-state index in [1.807, 2.05) is 42.5 Å². The van der Waals surface area contributed by atoms with E-state index in [1.54, 1.807) is 22.7 Å². The summed E-state index contributed by atoms with van der Waals surface area (Å²) in [7, 11) is 2.14. The zero-order chi connectivity index (χ0) is 20.9. The van der Waals surface area contributed by atoms with Crippen LogP contribution in [0.3, 0.4) is 0 Å². The summed E-state index contributed by atoms with van der Waals surface area (Å²) in [6.07, 6.45) is 0.963. The van der Waals surface area contributed by atoms with E-state index < -0.39 is 0 Å². The minimum Gasteiger partial charge on any atom is -0.311 e. The molecule has 5 nitrogen and oxygen atoms in total. The molecule has 0 saturated heterocycles. The molecule has 0 atom stereocenters. The van der Waals surface area contributed by atoms with Gasteiger partial charge in [0.05, 0.1) is 20.4 Å². The minimum absolute atomic E-state index is 0.157. The summed E-state index contributed by atoms with van der Waals surface area (Å²) < 4.78 is 2.18. The maximum atomic E-state index is 13.1. The number of thiophene rings is 1. The smallest absolute Gasteiger partial charge is 0.285 e. The van der Waals surface area contributed by atoms with E-state index in [1.165, 1.54) is 21.8 Å². The van der Waals surface area contributed by atoms with E-state index in [0.717, 1.165) is 55.5 Å². The van der Waals surface area contributed by atoms with E-state index in [4.69, 9.17) is 4.98 Å². The van der Waals surface area contributed by atoms with Crippen LogP contribution in [0.25, 0.3) is 31.0 Å². The number of carbonyl (C=O) groups excluding carboxylic acids is 1. The molecule has 1 aliphatic heterocycles. The van der Waals surface area contributed by atoms with Crippen molar-refractivity contribution in [2.45, 2.75) is 13.0 Å². The molecule has 0 unspecified atom stereocenters. The number of para-hydroxylation sites is 2. The van der Waals surface area contributed by atoms with Crippen LogP contribution in [-0.2, 0) is 13.0 Å². The van der Waals surface area contributed by atoms with Crippen molar-refractivity contribution in [1.82, 2.24) is 14.9 Å². The van der Waals surface area contributed by atoms with Crippen LogP contribution in [0.1, 0.15) is 20.2 Å². The lowest BCUT2D eigenvalue weighted by atomic mass is 10.0. The highest BCUT2D eigenvalue weighted by Gasteiger charge is 2.27. The first-order chi connectivity index (χ1) is 15.2. The van der Waals surface area contributed by atoms with Crippen LogP contribution in [-0.4, -0.2) is 34.4 Å². The maximum absolute atomic E-state index is 13.1. The molecule has 4 heterocycles. The third-order valence-corrected chi connectivity index (χ3v) is 8.69. The zero-order valence-electron chi connectivity index (χ0n) is 16.7. The molecule has 1 amide bonds. The molecule has 0 bridgehead atoms. The summed E-state index contributed by atoms with van der Waals surface area (Å²) in [4.78, 5) is 26.2. The number of hydrogen-bond acceptors (Lipinski definition) is 7. The normalized spacial score (nSPS) is 14.2. The topological polar surface area (TPSA) is 58.1 Å². The molecule has 3 aromatic heterocycles. The summed E-state index contributed by atoms with van der Waals surface area (Å²) in [5.74, 6) is -0.157. The summed E-state index contributed by atoms with van der Waals surface area (Å²) >= 11 is 4.78. The van der Waals surface area contributed by atoms with Crippen molar-refractivity contribution < 1.29 is 4.79 Å². The molecule has 8 heteroatoms. The van der Waals surface area contributed by atoms with Gasteiger partial charge in [-0.15, -0.1) is 34.0 Å². The van der Waals surface area contributed by atoms with Gasteiger partial charge in [-0.25, -0.2) is 9.97 Å². The van der Waals surface area contributed by atoms with Gasteiger partial charge >= 0.3 is 0 Å². The van der Waals surface area contributed by atoms with Crippen LogP contribution < -0.4 is 5.32 Å². The van der Waals surface area contributed by atoms with Crippen molar-refractivity contribution >= 4 is 65.4 Å². The number of thiazole rings is 2. The van der Waals surface area contributed by atoms with Gasteiger partial charge in [0.25, 0.3) is 5.91 Å².